The first-order valence-corrected chi connectivity index (χ1v) is 10.2. The first kappa shape index (κ1) is 20.1. The summed E-state index contributed by atoms with van der Waals surface area (Å²) in [6.45, 7) is 8.09. The monoisotopic (exact) mass is 381 g/mol. The van der Waals surface area contributed by atoms with Crippen LogP contribution in [0.15, 0.2) is 42.5 Å². The predicted molar refractivity (Wildman–Crippen MR) is 114 cm³/mol. The molecule has 0 bridgehead atoms. The molecular weight excluding hydrogens is 350 g/mol. The summed E-state index contributed by atoms with van der Waals surface area (Å²) in [7, 11) is 1.65. The Balaban J connectivity index is 1.59. The largest absolute Gasteiger partial charge is 0.496 e. The van der Waals surface area contributed by atoms with Gasteiger partial charge in [0.2, 0.25) is 0 Å². The average molecular weight is 382 g/mol. The highest BCUT2D eigenvalue weighted by molar-refractivity contribution is 5.75. The van der Waals surface area contributed by atoms with Crippen LogP contribution in [0.25, 0.3) is 0 Å². The maximum Gasteiger partial charge on any atom is 0.317 e. The number of piperazine rings is 1. The Morgan fingerprint density at radius 2 is 1.54 bits per heavy atom. The van der Waals surface area contributed by atoms with Gasteiger partial charge >= 0.3 is 6.03 Å². The summed E-state index contributed by atoms with van der Waals surface area (Å²) < 4.78 is 5.36. The van der Waals surface area contributed by atoms with E-state index in [0.717, 1.165) is 50.3 Å². The molecule has 150 valence electrons. The fourth-order valence-corrected chi connectivity index (χ4v) is 3.89. The van der Waals surface area contributed by atoms with Gasteiger partial charge in [0.1, 0.15) is 5.75 Å². The number of para-hydroxylation sites is 2. The van der Waals surface area contributed by atoms with E-state index >= 15 is 0 Å². The number of hydrogen-bond acceptors (Lipinski definition) is 3. The van der Waals surface area contributed by atoms with Gasteiger partial charge in [0.15, 0.2) is 0 Å². The highest BCUT2D eigenvalue weighted by Gasteiger charge is 2.23. The molecule has 0 aromatic heterocycles. The van der Waals surface area contributed by atoms with E-state index in [9.17, 15) is 4.79 Å². The van der Waals surface area contributed by atoms with Crippen molar-refractivity contribution in [3.63, 3.8) is 0 Å². The molecule has 2 aromatic rings. The van der Waals surface area contributed by atoms with Crippen molar-refractivity contribution in [3.05, 3.63) is 59.2 Å². The number of ether oxygens (including phenoxy) is 1. The molecular formula is C23H31N3O2. The van der Waals surface area contributed by atoms with Gasteiger partial charge in [0, 0.05) is 44.0 Å². The van der Waals surface area contributed by atoms with E-state index < -0.39 is 0 Å². The molecule has 0 radical (unpaired) electrons. The lowest BCUT2D eigenvalue weighted by Gasteiger charge is -2.38. The smallest absolute Gasteiger partial charge is 0.317 e. The standard InChI is InChI=1S/C23H31N3O2/c1-4-18-10-8-11-19(5-2)22(18)25-13-15-26(16-14-25)23(27)24-17-20-9-6-7-12-21(20)28-3/h6-12H,4-5,13-17H2,1-3H3,(H,24,27). The molecule has 1 saturated heterocycles. The van der Waals surface area contributed by atoms with Crippen molar-refractivity contribution < 1.29 is 9.53 Å². The van der Waals surface area contributed by atoms with E-state index in [1.165, 1.54) is 16.8 Å². The lowest BCUT2D eigenvalue weighted by Crippen LogP contribution is -2.52. The summed E-state index contributed by atoms with van der Waals surface area (Å²) in [6, 6.07) is 14.4. The fourth-order valence-electron chi connectivity index (χ4n) is 3.89. The second-order valence-corrected chi connectivity index (χ2v) is 7.08. The van der Waals surface area contributed by atoms with E-state index in [1.807, 2.05) is 29.2 Å². The second-order valence-electron chi connectivity index (χ2n) is 7.08. The van der Waals surface area contributed by atoms with E-state index in [1.54, 1.807) is 7.11 Å². The molecule has 2 amide bonds. The Bertz CT molecular complexity index is 776. The van der Waals surface area contributed by atoms with Gasteiger partial charge in [-0.05, 0) is 30.0 Å². The number of hydrogen-bond donors (Lipinski definition) is 1. The lowest BCUT2D eigenvalue weighted by molar-refractivity contribution is 0.194. The second kappa shape index (κ2) is 9.49. The minimum Gasteiger partial charge on any atom is -0.496 e. The molecule has 0 spiro atoms. The van der Waals surface area contributed by atoms with E-state index in [2.05, 4.69) is 42.3 Å². The maximum absolute atomic E-state index is 12.6. The molecule has 1 heterocycles. The normalized spacial score (nSPS) is 14.1. The molecule has 28 heavy (non-hydrogen) atoms. The molecule has 1 aliphatic heterocycles. The summed E-state index contributed by atoms with van der Waals surface area (Å²) in [5, 5.41) is 3.03. The number of carbonyl (C=O) groups excluding carboxylic acids is 1. The number of nitrogens with one attached hydrogen (secondary N) is 1. The third-order valence-corrected chi connectivity index (χ3v) is 5.47. The number of benzene rings is 2. The van der Waals surface area contributed by atoms with Gasteiger partial charge in [0.05, 0.1) is 7.11 Å². The lowest BCUT2D eigenvalue weighted by atomic mass is 10.0. The summed E-state index contributed by atoms with van der Waals surface area (Å²) in [4.78, 5) is 17.0. The van der Waals surface area contributed by atoms with Gasteiger partial charge in [0.25, 0.3) is 0 Å². The zero-order valence-electron chi connectivity index (χ0n) is 17.2. The van der Waals surface area contributed by atoms with Crippen molar-refractivity contribution in [3.8, 4) is 5.75 Å². The zero-order chi connectivity index (χ0) is 19.9. The molecule has 1 aliphatic rings. The number of nitrogens with zero attached hydrogens (tertiary/aromatic N) is 2. The molecule has 5 nitrogen and oxygen atoms in total. The van der Waals surface area contributed by atoms with Crippen LogP contribution in [0.5, 0.6) is 5.75 Å². The summed E-state index contributed by atoms with van der Waals surface area (Å²) in [5.41, 5.74) is 5.16. The first-order valence-electron chi connectivity index (χ1n) is 10.2. The minimum absolute atomic E-state index is 0.00922. The Labute approximate surface area is 168 Å². The quantitative estimate of drug-likeness (QED) is 0.827. The van der Waals surface area contributed by atoms with E-state index in [4.69, 9.17) is 4.74 Å². The average Bonchev–Trinajstić information content (AvgIpc) is 2.77. The van der Waals surface area contributed by atoms with Crippen LogP contribution in [0, 0.1) is 0 Å². The number of methoxy groups -OCH3 is 1. The number of carbonyl (C=O) groups is 1. The van der Waals surface area contributed by atoms with Crippen LogP contribution in [-0.4, -0.2) is 44.2 Å². The van der Waals surface area contributed by atoms with Crippen molar-refractivity contribution >= 4 is 11.7 Å². The Morgan fingerprint density at radius 3 is 2.14 bits per heavy atom. The van der Waals surface area contributed by atoms with Crippen molar-refractivity contribution in [2.24, 2.45) is 0 Å². The molecule has 0 unspecified atom stereocenters. The molecule has 3 rings (SSSR count). The van der Waals surface area contributed by atoms with Crippen LogP contribution in [0.3, 0.4) is 0 Å². The third-order valence-electron chi connectivity index (χ3n) is 5.47. The van der Waals surface area contributed by atoms with Crippen molar-refractivity contribution in [2.75, 3.05) is 38.2 Å². The van der Waals surface area contributed by atoms with Crippen LogP contribution >= 0.6 is 0 Å². The van der Waals surface area contributed by atoms with Crippen molar-refractivity contribution in [2.45, 2.75) is 33.2 Å². The van der Waals surface area contributed by atoms with Crippen LogP contribution < -0.4 is 15.0 Å². The Kier molecular flexibility index (Phi) is 6.80. The maximum atomic E-state index is 12.6. The fraction of sp³-hybridized carbons (Fsp3) is 0.435. The number of anilines is 1. The first-order chi connectivity index (χ1) is 13.7. The SMILES string of the molecule is CCc1cccc(CC)c1N1CCN(C(=O)NCc2ccccc2OC)CC1. The van der Waals surface area contributed by atoms with Gasteiger partial charge in [-0.15, -0.1) is 0 Å². The van der Waals surface area contributed by atoms with Crippen LogP contribution in [0.1, 0.15) is 30.5 Å². The summed E-state index contributed by atoms with van der Waals surface area (Å²) in [5.74, 6) is 0.802. The topological polar surface area (TPSA) is 44.8 Å². The van der Waals surface area contributed by atoms with Gasteiger partial charge in [-0.1, -0.05) is 50.2 Å². The van der Waals surface area contributed by atoms with Crippen molar-refractivity contribution in [1.82, 2.24) is 10.2 Å². The van der Waals surface area contributed by atoms with Crippen LogP contribution in [0.4, 0.5) is 10.5 Å². The molecule has 1 N–H and O–H groups in total. The zero-order valence-corrected chi connectivity index (χ0v) is 17.2. The number of aryl methyl sites for hydroxylation is 2. The molecule has 0 saturated carbocycles. The Morgan fingerprint density at radius 1 is 0.929 bits per heavy atom. The van der Waals surface area contributed by atoms with E-state index in [0.29, 0.717) is 6.54 Å². The van der Waals surface area contributed by atoms with Gasteiger partial charge in [-0.2, -0.15) is 0 Å². The highest BCUT2D eigenvalue weighted by atomic mass is 16.5. The third kappa shape index (κ3) is 4.41. The predicted octanol–water partition coefficient (Wildman–Crippen LogP) is 3.85. The van der Waals surface area contributed by atoms with Crippen molar-refractivity contribution in [1.29, 1.82) is 0 Å². The van der Waals surface area contributed by atoms with Gasteiger partial charge in [-0.25, -0.2) is 4.79 Å². The molecule has 2 aromatic carbocycles. The summed E-state index contributed by atoms with van der Waals surface area (Å²) in [6.07, 6.45) is 2.06. The molecule has 0 atom stereocenters. The van der Waals surface area contributed by atoms with Crippen LogP contribution in [-0.2, 0) is 19.4 Å². The highest BCUT2D eigenvalue weighted by Crippen LogP contribution is 2.28. The Hall–Kier alpha value is -2.69. The van der Waals surface area contributed by atoms with Gasteiger partial charge in [-0.3, -0.25) is 0 Å². The summed E-state index contributed by atoms with van der Waals surface area (Å²) >= 11 is 0. The molecule has 0 aliphatic carbocycles. The number of urea groups is 1. The van der Waals surface area contributed by atoms with Crippen LogP contribution in [0.2, 0.25) is 0 Å². The van der Waals surface area contributed by atoms with Gasteiger partial charge < -0.3 is 19.9 Å². The molecule has 1 fully saturated rings. The number of rotatable bonds is 6. The molecule has 5 heteroatoms. The number of amides is 2. The van der Waals surface area contributed by atoms with E-state index in [-0.39, 0.29) is 6.03 Å². The minimum atomic E-state index is -0.00922.